The van der Waals surface area contributed by atoms with Gasteiger partial charge in [0.05, 0.1) is 45.2 Å². The standard InChI is InChI=1S/C33H35N3O8S/c1-23-6-8-25(9-7-23)22-44-26-12-10-24(11-13-26)20-34-35-33(37)21-36(29-18-27(40-2)14-16-30(29)41-3)45(38,39)28-15-17-31(42-4)32(19-28)43-5/h6-20H,21-22H2,1-5H3,(H,35,37)/b34-20-. The van der Waals surface area contributed by atoms with Gasteiger partial charge in [-0.25, -0.2) is 13.8 Å². The van der Waals surface area contributed by atoms with Gasteiger partial charge in [0.25, 0.3) is 15.9 Å². The second-order valence-electron chi connectivity index (χ2n) is 9.70. The van der Waals surface area contributed by atoms with Crippen LogP contribution in [-0.4, -0.2) is 55.5 Å². The zero-order valence-corrected chi connectivity index (χ0v) is 26.5. The van der Waals surface area contributed by atoms with Crippen molar-refractivity contribution in [3.05, 3.63) is 102 Å². The van der Waals surface area contributed by atoms with Gasteiger partial charge in [0.15, 0.2) is 11.5 Å². The van der Waals surface area contributed by atoms with Gasteiger partial charge >= 0.3 is 0 Å². The average molecular weight is 634 g/mol. The fraction of sp³-hybridized carbons (Fsp3) is 0.212. The molecule has 1 N–H and O–H groups in total. The second-order valence-corrected chi connectivity index (χ2v) is 11.6. The molecule has 4 aromatic carbocycles. The summed E-state index contributed by atoms with van der Waals surface area (Å²) < 4.78 is 56.0. The van der Waals surface area contributed by atoms with Crippen molar-refractivity contribution in [3.8, 4) is 28.7 Å². The zero-order valence-electron chi connectivity index (χ0n) is 25.6. The number of ether oxygens (including phenoxy) is 5. The molecule has 236 valence electrons. The summed E-state index contributed by atoms with van der Waals surface area (Å²) in [6.07, 6.45) is 1.45. The predicted octanol–water partition coefficient (Wildman–Crippen LogP) is 4.95. The van der Waals surface area contributed by atoms with Crippen LogP contribution in [0.5, 0.6) is 28.7 Å². The molecule has 0 aliphatic rings. The van der Waals surface area contributed by atoms with Crippen molar-refractivity contribution in [2.24, 2.45) is 5.10 Å². The third-order valence-corrected chi connectivity index (χ3v) is 8.45. The van der Waals surface area contributed by atoms with Crippen molar-refractivity contribution < 1.29 is 36.9 Å². The molecule has 0 heterocycles. The molecule has 1 amide bonds. The maximum atomic E-state index is 14.0. The van der Waals surface area contributed by atoms with Crippen LogP contribution in [0.1, 0.15) is 16.7 Å². The van der Waals surface area contributed by atoms with Crippen molar-refractivity contribution in [2.45, 2.75) is 18.4 Å². The molecule has 0 radical (unpaired) electrons. The summed E-state index contributed by atoms with van der Waals surface area (Å²) in [6.45, 7) is 1.84. The van der Waals surface area contributed by atoms with E-state index < -0.39 is 22.5 Å². The number of amides is 1. The summed E-state index contributed by atoms with van der Waals surface area (Å²) in [7, 11) is 1.35. The Hall–Kier alpha value is -5.23. The van der Waals surface area contributed by atoms with E-state index in [1.54, 1.807) is 36.4 Å². The van der Waals surface area contributed by atoms with E-state index in [9.17, 15) is 13.2 Å². The summed E-state index contributed by atoms with van der Waals surface area (Å²) in [5.41, 5.74) is 5.43. The Morgan fingerprint density at radius 1 is 0.778 bits per heavy atom. The molecule has 0 unspecified atom stereocenters. The summed E-state index contributed by atoms with van der Waals surface area (Å²) >= 11 is 0. The quantitative estimate of drug-likeness (QED) is 0.153. The lowest BCUT2D eigenvalue weighted by molar-refractivity contribution is -0.119. The fourth-order valence-corrected chi connectivity index (χ4v) is 5.68. The number of methoxy groups -OCH3 is 4. The number of aryl methyl sites for hydroxylation is 1. The molecule has 4 aromatic rings. The second kappa shape index (κ2) is 15.0. The molecule has 0 saturated heterocycles. The van der Waals surface area contributed by atoms with Crippen molar-refractivity contribution in [1.29, 1.82) is 0 Å². The number of hydrogen-bond donors (Lipinski definition) is 1. The van der Waals surface area contributed by atoms with Crippen LogP contribution in [0.4, 0.5) is 5.69 Å². The van der Waals surface area contributed by atoms with Gasteiger partial charge in [-0.1, -0.05) is 29.8 Å². The summed E-state index contributed by atoms with van der Waals surface area (Å²) in [5, 5.41) is 4.02. The first-order valence-electron chi connectivity index (χ1n) is 13.8. The van der Waals surface area contributed by atoms with Crippen LogP contribution in [0.15, 0.2) is 94.9 Å². The topological polar surface area (TPSA) is 125 Å². The molecule has 11 nitrogen and oxygen atoms in total. The van der Waals surface area contributed by atoms with Gasteiger partial charge in [0.2, 0.25) is 0 Å². The molecule has 0 aliphatic carbocycles. The van der Waals surface area contributed by atoms with E-state index in [0.717, 1.165) is 9.87 Å². The van der Waals surface area contributed by atoms with Gasteiger partial charge in [-0.3, -0.25) is 9.10 Å². The van der Waals surface area contributed by atoms with Gasteiger partial charge in [-0.15, -0.1) is 0 Å². The molecular weight excluding hydrogens is 598 g/mol. The largest absolute Gasteiger partial charge is 0.497 e. The van der Waals surface area contributed by atoms with E-state index >= 15 is 0 Å². The molecule has 0 spiro atoms. The van der Waals surface area contributed by atoms with Gasteiger partial charge in [0.1, 0.15) is 30.4 Å². The number of anilines is 1. The summed E-state index contributed by atoms with van der Waals surface area (Å²) in [6, 6.07) is 24.0. The van der Waals surface area contributed by atoms with Gasteiger partial charge in [0, 0.05) is 12.1 Å². The Balaban J connectivity index is 1.52. The monoisotopic (exact) mass is 633 g/mol. The minimum absolute atomic E-state index is 0.0898. The number of sulfonamides is 1. The lowest BCUT2D eigenvalue weighted by atomic mass is 10.2. The van der Waals surface area contributed by atoms with Crippen molar-refractivity contribution in [1.82, 2.24) is 5.43 Å². The van der Waals surface area contributed by atoms with E-state index in [1.165, 1.54) is 64.5 Å². The van der Waals surface area contributed by atoms with Gasteiger partial charge in [-0.2, -0.15) is 5.10 Å². The highest BCUT2D eigenvalue weighted by Crippen LogP contribution is 2.37. The van der Waals surface area contributed by atoms with Crippen LogP contribution in [0, 0.1) is 6.92 Å². The number of hydrogen-bond acceptors (Lipinski definition) is 9. The Kier molecular flexibility index (Phi) is 10.9. The number of nitrogens with zero attached hydrogens (tertiary/aromatic N) is 2. The normalized spacial score (nSPS) is 11.1. The van der Waals surface area contributed by atoms with Crippen molar-refractivity contribution in [3.63, 3.8) is 0 Å². The Morgan fingerprint density at radius 3 is 2.07 bits per heavy atom. The molecular formula is C33H35N3O8S. The fourth-order valence-electron chi connectivity index (χ4n) is 4.24. The molecule has 0 fully saturated rings. The average Bonchev–Trinajstić information content (AvgIpc) is 3.06. The van der Waals surface area contributed by atoms with Crippen LogP contribution in [0.3, 0.4) is 0 Å². The highest BCUT2D eigenvalue weighted by Gasteiger charge is 2.31. The predicted molar refractivity (Wildman–Crippen MR) is 171 cm³/mol. The summed E-state index contributed by atoms with van der Waals surface area (Å²) in [4.78, 5) is 13.0. The maximum Gasteiger partial charge on any atom is 0.265 e. The minimum Gasteiger partial charge on any atom is -0.497 e. The molecule has 45 heavy (non-hydrogen) atoms. The molecule has 4 rings (SSSR count). The van der Waals surface area contributed by atoms with Crippen LogP contribution >= 0.6 is 0 Å². The first-order chi connectivity index (χ1) is 21.7. The summed E-state index contributed by atoms with van der Waals surface area (Å²) in [5.74, 6) is 1.11. The third kappa shape index (κ3) is 8.24. The van der Waals surface area contributed by atoms with E-state index in [0.29, 0.717) is 29.4 Å². The van der Waals surface area contributed by atoms with Crippen LogP contribution < -0.4 is 33.4 Å². The molecule has 0 saturated carbocycles. The van der Waals surface area contributed by atoms with Crippen LogP contribution in [-0.2, 0) is 21.4 Å². The first-order valence-corrected chi connectivity index (χ1v) is 15.2. The smallest absolute Gasteiger partial charge is 0.265 e. The molecule has 0 aliphatic heterocycles. The van der Waals surface area contributed by atoms with Crippen molar-refractivity contribution >= 4 is 27.8 Å². The number of benzene rings is 4. The minimum atomic E-state index is -4.34. The number of nitrogens with one attached hydrogen (secondary N) is 1. The van der Waals surface area contributed by atoms with Crippen molar-refractivity contribution in [2.75, 3.05) is 39.3 Å². The highest BCUT2D eigenvalue weighted by molar-refractivity contribution is 7.92. The SMILES string of the molecule is COc1ccc(OC)c(N(CC(=O)N/N=C\c2ccc(OCc3ccc(C)cc3)cc2)S(=O)(=O)c2ccc(OC)c(OC)c2)c1. The highest BCUT2D eigenvalue weighted by atomic mass is 32.2. The number of rotatable bonds is 14. The van der Waals surface area contributed by atoms with Crippen LogP contribution in [0.2, 0.25) is 0 Å². The third-order valence-electron chi connectivity index (χ3n) is 6.69. The van der Waals surface area contributed by atoms with Crippen LogP contribution in [0.25, 0.3) is 0 Å². The Labute approximate surface area is 263 Å². The maximum absolute atomic E-state index is 14.0. The van der Waals surface area contributed by atoms with Gasteiger partial charge < -0.3 is 23.7 Å². The first kappa shape index (κ1) is 32.7. The Morgan fingerprint density at radius 2 is 1.42 bits per heavy atom. The lowest BCUT2D eigenvalue weighted by Gasteiger charge is -2.26. The molecule has 0 atom stereocenters. The van der Waals surface area contributed by atoms with E-state index in [2.05, 4.69) is 10.5 Å². The lowest BCUT2D eigenvalue weighted by Crippen LogP contribution is -2.39. The number of carbonyl (C=O) groups is 1. The molecule has 0 aromatic heterocycles. The van der Waals surface area contributed by atoms with Gasteiger partial charge in [-0.05, 0) is 66.6 Å². The Bertz CT molecular complexity index is 1740. The molecule has 0 bridgehead atoms. The molecule has 12 heteroatoms. The number of carbonyl (C=O) groups excluding carboxylic acids is 1. The number of hydrazone groups is 1. The van der Waals surface area contributed by atoms with E-state index in [-0.39, 0.29) is 22.1 Å². The van der Waals surface area contributed by atoms with E-state index in [1.807, 2.05) is 31.2 Å². The zero-order chi connectivity index (χ0) is 32.4. The van der Waals surface area contributed by atoms with E-state index in [4.69, 9.17) is 23.7 Å².